The number of carbonyl (C=O) groups is 3. The Morgan fingerprint density at radius 1 is 0.313 bits per heavy atom. The fourth-order valence-corrected chi connectivity index (χ4v) is 8.19. The van der Waals surface area contributed by atoms with Gasteiger partial charge in [0.1, 0.15) is 13.2 Å². The summed E-state index contributed by atoms with van der Waals surface area (Å²) in [4.78, 5) is 38.1. The van der Waals surface area contributed by atoms with E-state index in [1.165, 1.54) is 148 Å². The summed E-state index contributed by atoms with van der Waals surface area (Å²) in [5.74, 6) is -0.899. The van der Waals surface area contributed by atoms with Crippen molar-refractivity contribution in [2.24, 2.45) is 0 Å². The Labute approximate surface area is 415 Å². The van der Waals surface area contributed by atoms with Crippen LogP contribution in [0.15, 0.2) is 60.8 Å². The van der Waals surface area contributed by atoms with Crippen LogP contribution in [0.1, 0.15) is 290 Å². The maximum Gasteiger partial charge on any atom is 0.306 e. The van der Waals surface area contributed by atoms with Gasteiger partial charge in [-0.2, -0.15) is 0 Å². The minimum Gasteiger partial charge on any atom is -0.462 e. The maximum atomic E-state index is 12.9. The van der Waals surface area contributed by atoms with Crippen LogP contribution in [0.5, 0.6) is 0 Å². The molecule has 0 saturated heterocycles. The summed E-state index contributed by atoms with van der Waals surface area (Å²) < 4.78 is 16.9. The molecule has 0 radical (unpaired) electrons. The largest absolute Gasteiger partial charge is 0.462 e. The molecule has 0 spiro atoms. The molecule has 0 heterocycles. The summed E-state index contributed by atoms with van der Waals surface area (Å²) in [5, 5.41) is 0. The molecule has 0 rings (SSSR count). The van der Waals surface area contributed by atoms with Gasteiger partial charge in [-0.15, -0.1) is 0 Å². The van der Waals surface area contributed by atoms with Gasteiger partial charge in [0.15, 0.2) is 6.10 Å². The van der Waals surface area contributed by atoms with Crippen molar-refractivity contribution in [3.63, 3.8) is 0 Å². The van der Waals surface area contributed by atoms with Crippen molar-refractivity contribution in [2.75, 3.05) is 13.2 Å². The first kappa shape index (κ1) is 64.1. The van der Waals surface area contributed by atoms with Crippen LogP contribution in [0.25, 0.3) is 0 Å². The quantitative estimate of drug-likeness (QED) is 0.0262. The number of hydrogen-bond acceptors (Lipinski definition) is 6. The molecule has 6 nitrogen and oxygen atoms in total. The summed E-state index contributed by atoms with van der Waals surface area (Å²) in [5.41, 5.74) is 0. The molecule has 6 heteroatoms. The zero-order valence-corrected chi connectivity index (χ0v) is 44.4. The van der Waals surface area contributed by atoms with Gasteiger partial charge in [-0.05, 0) is 83.5 Å². The average molecular weight is 938 g/mol. The first-order chi connectivity index (χ1) is 33.0. The number of rotatable bonds is 52. The summed E-state index contributed by atoms with van der Waals surface area (Å²) in [7, 11) is 0. The van der Waals surface area contributed by atoms with Gasteiger partial charge in [-0.25, -0.2) is 0 Å². The molecule has 0 fully saturated rings. The molecule has 0 saturated carbocycles. The first-order valence-electron chi connectivity index (χ1n) is 28.8. The predicted octanol–water partition coefficient (Wildman–Crippen LogP) is 19.2. The monoisotopic (exact) mass is 937 g/mol. The van der Waals surface area contributed by atoms with E-state index in [-0.39, 0.29) is 31.1 Å². The predicted molar refractivity (Wildman–Crippen MR) is 288 cm³/mol. The zero-order chi connectivity index (χ0) is 48.6. The van der Waals surface area contributed by atoms with E-state index in [2.05, 4.69) is 81.5 Å². The summed E-state index contributed by atoms with van der Waals surface area (Å²) in [6.45, 7) is 6.53. The molecule has 1 unspecified atom stereocenters. The van der Waals surface area contributed by atoms with E-state index in [9.17, 15) is 14.4 Å². The lowest BCUT2D eigenvalue weighted by Crippen LogP contribution is -2.30. The molecular formula is C61H108O6. The summed E-state index contributed by atoms with van der Waals surface area (Å²) >= 11 is 0. The Kier molecular flexibility index (Phi) is 53.3. The van der Waals surface area contributed by atoms with Crippen LogP contribution < -0.4 is 0 Å². The second-order valence-electron chi connectivity index (χ2n) is 19.2. The normalized spacial score (nSPS) is 12.5. The number of allylic oxidation sites excluding steroid dienone is 10. The Morgan fingerprint density at radius 2 is 0.582 bits per heavy atom. The second-order valence-corrected chi connectivity index (χ2v) is 19.2. The molecule has 388 valence electrons. The number of esters is 3. The highest BCUT2D eigenvalue weighted by Crippen LogP contribution is 2.16. The van der Waals surface area contributed by atoms with Gasteiger partial charge in [0.25, 0.3) is 0 Å². The molecule has 0 aliphatic heterocycles. The van der Waals surface area contributed by atoms with Crippen LogP contribution in [-0.4, -0.2) is 37.2 Å². The maximum absolute atomic E-state index is 12.9. The van der Waals surface area contributed by atoms with Crippen molar-refractivity contribution in [2.45, 2.75) is 297 Å². The number of unbranched alkanes of at least 4 members (excludes halogenated alkanes) is 31. The fraction of sp³-hybridized carbons (Fsp3) is 0.787. The van der Waals surface area contributed by atoms with E-state index in [1.54, 1.807) is 0 Å². The Hall–Kier alpha value is -2.89. The van der Waals surface area contributed by atoms with E-state index in [4.69, 9.17) is 14.2 Å². The first-order valence-corrected chi connectivity index (χ1v) is 28.8. The van der Waals surface area contributed by atoms with Crippen molar-refractivity contribution in [3.05, 3.63) is 60.8 Å². The van der Waals surface area contributed by atoms with Crippen LogP contribution in [0.4, 0.5) is 0 Å². The van der Waals surface area contributed by atoms with Crippen LogP contribution in [0, 0.1) is 0 Å². The molecule has 0 bridgehead atoms. The van der Waals surface area contributed by atoms with Gasteiger partial charge >= 0.3 is 17.9 Å². The Balaban J connectivity index is 4.39. The number of carbonyl (C=O) groups excluding carboxylic acids is 3. The minimum absolute atomic E-state index is 0.0840. The van der Waals surface area contributed by atoms with Crippen molar-refractivity contribution >= 4 is 17.9 Å². The lowest BCUT2D eigenvalue weighted by molar-refractivity contribution is -0.167. The fourth-order valence-electron chi connectivity index (χ4n) is 8.19. The van der Waals surface area contributed by atoms with Crippen LogP contribution in [-0.2, 0) is 28.6 Å². The third kappa shape index (κ3) is 53.9. The molecule has 0 aromatic heterocycles. The smallest absolute Gasteiger partial charge is 0.306 e. The van der Waals surface area contributed by atoms with Gasteiger partial charge in [0.05, 0.1) is 0 Å². The standard InChI is InChI=1S/C61H108O6/c1-4-7-10-13-16-19-22-25-28-30-31-32-34-36-39-42-45-48-51-54-60(63)66-57-58(56-65-59(62)53-50-47-44-41-38-35-27-24-21-18-15-12-9-6-3)67-61(64)55-52-49-46-43-40-37-33-29-26-23-20-17-14-11-8-5-2/h7,10,16,19,25,28,31-32,35,38,58H,4-6,8-9,11-15,17-18,20-24,26-27,29-30,33-34,36-37,39-57H2,1-3H3/b10-7-,19-16-,28-25-,32-31-,38-35-. The second kappa shape index (κ2) is 55.7. The van der Waals surface area contributed by atoms with Gasteiger partial charge in [-0.3, -0.25) is 14.4 Å². The van der Waals surface area contributed by atoms with Crippen LogP contribution in [0.3, 0.4) is 0 Å². The van der Waals surface area contributed by atoms with E-state index < -0.39 is 6.10 Å². The third-order valence-corrected chi connectivity index (χ3v) is 12.5. The number of ether oxygens (including phenoxy) is 3. The van der Waals surface area contributed by atoms with Crippen molar-refractivity contribution in [1.82, 2.24) is 0 Å². The highest BCUT2D eigenvalue weighted by atomic mass is 16.6. The Bertz CT molecular complexity index is 1210. The SMILES string of the molecule is CC/C=C\C/C=C\C/C=C\C/C=C\CCCCCCCCC(=O)OCC(COC(=O)CCCCC/C=C\CCCCCCCCC)OC(=O)CCCCCCCCCCCCCCCCCC. The molecule has 0 amide bonds. The minimum atomic E-state index is -0.784. The number of hydrogen-bond donors (Lipinski definition) is 0. The lowest BCUT2D eigenvalue weighted by atomic mass is 10.0. The van der Waals surface area contributed by atoms with Crippen molar-refractivity contribution in [1.29, 1.82) is 0 Å². The Morgan fingerprint density at radius 3 is 0.940 bits per heavy atom. The zero-order valence-electron chi connectivity index (χ0n) is 44.4. The topological polar surface area (TPSA) is 78.9 Å². The van der Waals surface area contributed by atoms with Gasteiger partial charge in [0, 0.05) is 19.3 Å². The van der Waals surface area contributed by atoms with Gasteiger partial charge in [0.2, 0.25) is 0 Å². The van der Waals surface area contributed by atoms with E-state index in [1.807, 2.05) is 0 Å². The molecule has 1 atom stereocenters. The summed E-state index contributed by atoms with van der Waals surface area (Å²) in [6, 6.07) is 0. The highest BCUT2D eigenvalue weighted by molar-refractivity contribution is 5.71. The van der Waals surface area contributed by atoms with Crippen LogP contribution in [0.2, 0.25) is 0 Å². The third-order valence-electron chi connectivity index (χ3n) is 12.5. The molecule has 0 aromatic rings. The van der Waals surface area contributed by atoms with Gasteiger partial charge < -0.3 is 14.2 Å². The average Bonchev–Trinajstić information content (AvgIpc) is 3.33. The van der Waals surface area contributed by atoms with Gasteiger partial charge in [-0.1, -0.05) is 248 Å². The van der Waals surface area contributed by atoms with Crippen molar-refractivity contribution < 1.29 is 28.6 Å². The molecular weight excluding hydrogens is 829 g/mol. The van der Waals surface area contributed by atoms with Crippen molar-refractivity contribution in [3.8, 4) is 0 Å². The molecule has 0 aromatic carbocycles. The molecule has 0 aliphatic rings. The lowest BCUT2D eigenvalue weighted by Gasteiger charge is -2.18. The van der Waals surface area contributed by atoms with Crippen LogP contribution >= 0.6 is 0 Å². The molecule has 67 heavy (non-hydrogen) atoms. The molecule has 0 N–H and O–H groups in total. The summed E-state index contributed by atoms with van der Waals surface area (Å²) in [6.07, 6.45) is 69.2. The molecule has 0 aliphatic carbocycles. The van der Waals surface area contributed by atoms with E-state index >= 15 is 0 Å². The highest BCUT2D eigenvalue weighted by Gasteiger charge is 2.19. The van der Waals surface area contributed by atoms with E-state index in [0.717, 1.165) is 103 Å². The van der Waals surface area contributed by atoms with E-state index in [0.29, 0.717) is 19.3 Å².